The van der Waals surface area contributed by atoms with Gasteiger partial charge >= 0.3 is 0 Å². The van der Waals surface area contributed by atoms with Crippen molar-refractivity contribution in [1.82, 2.24) is 0 Å². The monoisotopic (exact) mass is 298 g/mol. The molecule has 2 N–H and O–H groups in total. The summed E-state index contributed by atoms with van der Waals surface area (Å²) in [5.41, 5.74) is 4.02. The lowest BCUT2D eigenvalue weighted by Crippen LogP contribution is -1.90. The lowest BCUT2D eigenvalue weighted by atomic mass is 10.0. The maximum atomic E-state index is 10.1. The average Bonchev–Trinajstić information content (AvgIpc) is 2.43. The van der Waals surface area contributed by atoms with Crippen molar-refractivity contribution in [3.05, 3.63) is 46.6 Å². The Bertz CT molecular complexity index is 574. The van der Waals surface area contributed by atoms with E-state index in [0.29, 0.717) is 24.8 Å². The highest BCUT2D eigenvalue weighted by molar-refractivity contribution is 5.47. The van der Waals surface area contributed by atoms with E-state index < -0.39 is 0 Å². The van der Waals surface area contributed by atoms with Gasteiger partial charge in [0.1, 0.15) is 11.5 Å². The van der Waals surface area contributed by atoms with Gasteiger partial charge < -0.3 is 10.2 Å². The third-order valence-electron chi connectivity index (χ3n) is 3.57. The molecule has 2 heteroatoms. The Morgan fingerprint density at radius 3 is 2.32 bits per heavy atom. The van der Waals surface area contributed by atoms with Crippen molar-refractivity contribution in [2.45, 2.75) is 52.9 Å². The normalized spacial score (nSPS) is 11.1. The zero-order chi connectivity index (χ0) is 16.5. The highest BCUT2D eigenvalue weighted by Gasteiger charge is 2.08. The predicted octanol–water partition coefficient (Wildman–Crippen LogP) is 4.90. The molecule has 1 rings (SSSR count). The molecular weight excluding hydrogens is 272 g/mol. The molecule has 2 nitrogen and oxygen atoms in total. The van der Waals surface area contributed by atoms with Crippen LogP contribution in [0.25, 0.3) is 0 Å². The Balaban J connectivity index is 2.73. The summed E-state index contributed by atoms with van der Waals surface area (Å²) < 4.78 is 0. The van der Waals surface area contributed by atoms with E-state index in [0.717, 1.165) is 18.4 Å². The van der Waals surface area contributed by atoms with E-state index in [2.05, 4.69) is 38.8 Å². The van der Waals surface area contributed by atoms with Crippen LogP contribution in [-0.4, -0.2) is 10.2 Å². The molecular formula is C20H26O2. The highest BCUT2D eigenvalue weighted by atomic mass is 16.3. The molecule has 0 saturated carbocycles. The summed E-state index contributed by atoms with van der Waals surface area (Å²) in [7, 11) is 0. The predicted molar refractivity (Wildman–Crippen MR) is 93.1 cm³/mol. The second-order valence-corrected chi connectivity index (χ2v) is 5.89. The van der Waals surface area contributed by atoms with Crippen LogP contribution in [0.15, 0.2) is 35.4 Å². The Hall–Kier alpha value is -2.14. The van der Waals surface area contributed by atoms with E-state index in [1.165, 1.54) is 11.1 Å². The molecule has 0 saturated heterocycles. The van der Waals surface area contributed by atoms with Crippen molar-refractivity contribution in [2.75, 3.05) is 0 Å². The first kappa shape index (κ1) is 17.9. The van der Waals surface area contributed by atoms with Gasteiger partial charge in [-0.25, -0.2) is 0 Å². The van der Waals surface area contributed by atoms with E-state index in [4.69, 9.17) is 6.42 Å². The molecule has 0 bridgehead atoms. The summed E-state index contributed by atoms with van der Waals surface area (Å²) in [5, 5.41) is 20.2. The number of terminal acetylenes is 1. The van der Waals surface area contributed by atoms with Gasteiger partial charge in [0.2, 0.25) is 0 Å². The van der Waals surface area contributed by atoms with Crippen LogP contribution in [0.5, 0.6) is 11.5 Å². The molecule has 0 aliphatic rings. The van der Waals surface area contributed by atoms with Crippen molar-refractivity contribution >= 4 is 0 Å². The second-order valence-electron chi connectivity index (χ2n) is 5.89. The van der Waals surface area contributed by atoms with Gasteiger partial charge in [-0.1, -0.05) is 23.3 Å². The van der Waals surface area contributed by atoms with Crippen LogP contribution in [0.1, 0.15) is 51.2 Å². The van der Waals surface area contributed by atoms with Crippen LogP contribution in [0.2, 0.25) is 0 Å². The van der Waals surface area contributed by atoms with Crippen LogP contribution in [-0.2, 0) is 12.8 Å². The highest BCUT2D eigenvalue weighted by Crippen LogP contribution is 2.30. The van der Waals surface area contributed by atoms with Crippen molar-refractivity contribution in [2.24, 2.45) is 0 Å². The van der Waals surface area contributed by atoms with Gasteiger partial charge in [0.05, 0.1) is 0 Å². The fourth-order valence-corrected chi connectivity index (χ4v) is 2.24. The van der Waals surface area contributed by atoms with Crippen LogP contribution in [0, 0.1) is 12.3 Å². The molecule has 1 aromatic carbocycles. The zero-order valence-electron chi connectivity index (χ0n) is 13.8. The summed E-state index contributed by atoms with van der Waals surface area (Å²) >= 11 is 0. The lowest BCUT2D eigenvalue weighted by Gasteiger charge is -2.09. The minimum absolute atomic E-state index is 0.139. The topological polar surface area (TPSA) is 40.5 Å². The summed E-state index contributed by atoms with van der Waals surface area (Å²) in [5.74, 6) is 2.84. The third kappa shape index (κ3) is 6.10. The summed E-state index contributed by atoms with van der Waals surface area (Å²) in [4.78, 5) is 0. The number of hydrogen-bond donors (Lipinski definition) is 2. The van der Waals surface area contributed by atoms with Gasteiger partial charge in [-0.05, 0) is 64.2 Å². The molecule has 0 aliphatic heterocycles. The number of aryl methyl sites for hydroxylation is 1. The van der Waals surface area contributed by atoms with E-state index in [-0.39, 0.29) is 11.5 Å². The van der Waals surface area contributed by atoms with Gasteiger partial charge in [0.15, 0.2) is 0 Å². The maximum Gasteiger partial charge on any atom is 0.123 e. The van der Waals surface area contributed by atoms with Crippen molar-refractivity contribution in [3.8, 4) is 23.8 Å². The van der Waals surface area contributed by atoms with E-state index in [1.807, 2.05) is 0 Å². The van der Waals surface area contributed by atoms with E-state index in [1.54, 1.807) is 12.1 Å². The Kier molecular flexibility index (Phi) is 7.32. The number of aromatic hydroxyl groups is 2. The first-order chi connectivity index (χ1) is 10.4. The molecule has 0 spiro atoms. The van der Waals surface area contributed by atoms with E-state index in [9.17, 15) is 10.2 Å². The summed E-state index contributed by atoms with van der Waals surface area (Å²) in [6.45, 7) is 6.27. The van der Waals surface area contributed by atoms with Crippen LogP contribution >= 0.6 is 0 Å². The Morgan fingerprint density at radius 2 is 1.77 bits per heavy atom. The SMILES string of the molecule is C#CCCc1cc(O)c(C/C=C(\C)CCC=C(C)C)c(O)c1. The lowest BCUT2D eigenvalue weighted by molar-refractivity contribution is 0.439. The maximum absolute atomic E-state index is 10.1. The van der Waals surface area contributed by atoms with Crippen LogP contribution in [0.3, 0.4) is 0 Å². The van der Waals surface area contributed by atoms with Crippen molar-refractivity contribution in [3.63, 3.8) is 0 Å². The first-order valence-electron chi connectivity index (χ1n) is 7.70. The minimum atomic E-state index is 0.139. The number of phenolic OH excluding ortho intramolecular Hbond substituents is 2. The van der Waals surface area contributed by atoms with Crippen molar-refractivity contribution < 1.29 is 10.2 Å². The number of allylic oxidation sites excluding steroid dienone is 4. The fraction of sp³-hybridized carbons (Fsp3) is 0.400. The smallest absolute Gasteiger partial charge is 0.123 e. The molecule has 0 amide bonds. The molecule has 1 aromatic rings. The molecule has 0 heterocycles. The zero-order valence-corrected chi connectivity index (χ0v) is 13.8. The average molecular weight is 298 g/mol. The minimum Gasteiger partial charge on any atom is -0.508 e. The molecule has 0 fully saturated rings. The third-order valence-corrected chi connectivity index (χ3v) is 3.57. The van der Waals surface area contributed by atoms with Gasteiger partial charge in [-0.2, -0.15) is 0 Å². The molecule has 0 unspecified atom stereocenters. The van der Waals surface area contributed by atoms with Crippen LogP contribution in [0.4, 0.5) is 0 Å². The molecule has 0 aliphatic carbocycles. The molecule has 0 aromatic heterocycles. The Labute approximate surface area is 134 Å². The molecule has 0 atom stereocenters. The first-order valence-corrected chi connectivity index (χ1v) is 7.70. The van der Waals surface area contributed by atoms with Crippen molar-refractivity contribution in [1.29, 1.82) is 0 Å². The molecule has 118 valence electrons. The molecule has 22 heavy (non-hydrogen) atoms. The summed E-state index contributed by atoms with van der Waals surface area (Å²) in [6, 6.07) is 3.39. The number of rotatable bonds is 7. The van der Waals surface area contributed by atoms with Gasteiger partial charge in [0, 0.05) is 12.0 Å². The second kappa shape index (κ2) is 9.00. The number of benzene rings is 1. The van der Waals surface area contributed by atoms with E-state index >= 15 is 0 Å². The molecule has 0 radical (unpaired) electrons. The fourth-order valence-electron chi connectivity index (χ4n) is 2.24. The van der Waals surface area contributed by atoms with Crippen LogP contribution < -0.4 is 0 Å². The summed E-state index contributed by atoms with van der Waals surface area (Å²) in [6.07, 6.45) is 13.3. The quantitative estimate of drug-likeness (QED) is 0.555. The van der Waals surface area contributed by atoms with Gasteiger partial charge in [0.25, 0.3) is 0 Å². The standard InChI is InChI=1S/C20H26O2/c1-5-6-10-17-13-19(21)18(20(22)14-17)12-11-16(4)9-7-8-15(2)3/h1,8,11,13-14,21-22H,6-7,9-10,12H2,2-4H3/b16-11+. The van der Waals surface area contributed by atoms with Gasteiger partial charge in [-0.15, -0.1) is 12.3 Å². The van der Waals surface area contributed by atoms with Gasteiger partial charge in [-0.3, -0.25) is 0 Å². The number of phenols is 2. The Morgan fingerprint density at radius 1 is 1.14 bits per heavy atom. The largest absolute Gasteiger partial charge is 0.508 e. The number of hydrogen-bond acceptors (Lipinski definition) is 2.